The van der Waals surface area contributed by atoms with E-state index in [0.29, 0.717) is 5.56 Å². The van der Waals surface area contributed by atoms with Crippen molar-refractivity contribution in [3.63, 3.8) is 0 Å². The molecule has 0 heterocycles. The molecule has 1 N–H and O–H groups in total. The summed E-state index contributed by atoms with van der Waals surface area (Å²) in [5, 5.41) is 9.05. The summed E-state index contributed by atoms with van der Waals surface area (Å²) in [4.78, 5) is 11.2. The summed E-state index contributed by atoms with van der Waals surface area (Å²) in [7, 11) is 0. The number of hydrogen-bond donors (Lipinski definition) is 1. The largest absolute Gasteiger partial charge is 0.478 e. The Hall–Kier alpha value is -2.07. The van der Waals surface area contributed by atoms with Gasteiger partial charge in [0.15, 0.2) is 11.6 Å². The number of carbonyl (C=O) groups is 1. The van der Waals surface area contributed by atoms with Crippen LogP contribution in [0.25, 0.3) is 0 Å². The van der Waals surface area contributed by atoms with Crippen LogP contribution in [0, 0.1) is 5.82 Å². The maximum Gasteiger partial charge on any atom is 0.349 e. The highest BCUT2D eigenvalue weighted by Crippen LogP contribution is 2.28. The van der Waals surface area contributed by atoms with Crippen molar-refractivity contribution in [2.24, 2.45) is 0 Å². The zero-order valence-corrected chi connectivity index (χ0v) is 10.5. The van der Waals surface area contributed by atoms with Crippen molar-refractivity contribution in [2.45, 2.75) is 6.10 Å². The second kappa shape index (κ2) is 5.71. The lowest BCUT2D eigenvalue weighted by atomic mass is 10.1. The van der Waals surface area contributed by atoms with E-state index in [1.807, 2.05) is 0 Å². The molecule has 0 aliphatic heterocycles. The van der Waals surface area contributed by atoms with E-state index < -0.39 is 17.9 Å². The number of rotatable bonds is 4. The minimum atomic E-state index is -1.28. The van der Waals surface area contributed by atoms with E-state index in [1.54, 1.807) is 30.3 Å². The summed E-state index contributed by atoms with van der Waals surface area (Å²) in [5.74, 6) is -2.17. The molecule has 19 heavy (non-hydrogen) atoms. The van der Waals surface area contributed by atoms with Crippen molar-refractivity contribution >= 4 is 17.6 Å². The zero-order chi connectivity index (χ0) is 13.8. The molecule has 2 aromatic rings. The summed E-state index contributed by atoms with van der Waals surface area (Å²) in [5.41, 5.74) is 0.425. The van der Waals surface area contributed by atoms with Gasteiger partial charge in [-0.2, -0.15) is 0 Å². The predicted molar refractivity (Wildman–Crippen MR) is 68.9 cm³/mol. The molecule has 0 saturated heterocycles. The van der Waals surface area contributed by atoms with E-state index in [0.717, 1.165) is 0 Å². The molecule has 2 aromatic carbocycles. The molecule has 0 bridgehead atoms. The second-order valence-electron chi connectivity index (χ2n) is 3.80. The van der Waals surface area contributed by atoms with Gasteiger partial charge in [-0.3, -0.25) is 0 Å². The summed E-state index contributed by atoms with van der Waals surface area (Å²) in [6, 6.07) is 12.5. The van der Waals surface area contributed by atoms with Crippen LogP contribution in [0.5, 0.6) is 5.75 Å². The van der Waals surface area contributed by atoms with Crippen LogP contribution in [-0.4, -0.2) is 11.1 Å². The lowest BCUT2D eigenvalue weighted by Gasteiger charge is -2.16. The molecule has 1 unspecified atom stereocenters. The van der Waals surface area contributed by atoms with E-state index in [2.05, 4.69) is 0 Å². The Balaban J connectivity index is 2.32. The van der Waals surface area contributed by atoms with Gasteiger partial charge in [0, 0.05) is 5.56 Å². The van der Waals surface area contributed by atoms with Crippen LogP contribution < -0.4 is 4.74 Å². The van der Waals surface area contributed by atoms with Crippen molar-refractivity contribution in [3.05, 3.63) is 64.9 Å². The van der Waals surface area contributed by atoms with Crippen molar-refractivity contribution in [1.29, 1.82) is 0 Å². The molecule has 1 atom stereocenters. The van der Waals surface area contributed by atoms with Crippen LogP contribution in [0.3, 0.4) is 0 Å². The summed E-state index contributed by atoms with van der Waals surface area (Å²) in [6.07, 6.45) is -1.28. The van der Waals surface area contributed by atoms with E-state index in [-0.39, 0.29) is 10.8 Å². The molecule has 0 amide bonds. The first-order valence-corrected chi connectivity index (χ1v) is 5.86. The Morgan fingerprint density at radius 2 is 1.84 bits per heavy atom. The highest BCUT2D eigenvalue weighted by atomic mass is 35.5. The van der Waals surface area contributed by atoms with Crippen LogP contribution in [-0.2, 0) is 4.79 Å². The summed E-state index contributed by atoms with van der Waals surface area (Å²) < 4.78 is 18.9. The second-order valence-corrected chi connectivity index (χ2v) is 4.21. The molecule has 0 aliphatic carbocycles. The molecular weight excluding hydrogens is 271 g/mol. The van der Waals surface area contributed by atoms with Crippen molar-refractivity contribution in [1.82, 2.24) is 0 Å². The molecule has 3 nitrogen and oxygen atoms in total. The first-order chi connectivity index (χ1) is 9.09. The van der Waals surface area contributed by atoms with Crippen LogP contribution >= 0.6 is 11.6 Å². The number of aliphatic carboxylic acids is 1. The van der Waals surface area contributed by atoms with Crippen molar-refractivity contribution < 1.29 is 19.0 Å². The quantitative estimate of drug-likeness (QED) is 0.929. The highest BCUT2D eigenvalue weighted by Gasteiger charge is 2.23. The average Bonchev–Trinajstić information content (AvgIpc) is 2.41. The van der Waals surface area contributed by atoms with Crippen LogP contribution in [0.1, 0.15) is 11.7 Å². The molecule has 0 saturated carbocycles. The van der Waals surface area contributed by atoms with Gasteiger partial charge in [0.1, 0.15) is 0 Å². The number of benzene rings is 2. The SMILES string of the molecule is O=C(O)C(Oc1cccc(Cl)c1F)c1ccccc1. The molecule has 0 spiro atoms. The van der Waals surface area contributed by atoms with Gasteiger partial charge in [0.2, 0.25) is 6.10 Å². The van der Waals surface area contributed by atoms with Gasteiger partial charge in [-0.25, -0.2) is 9.18 Å². The number of carboxylic acid groups (broad SMARTS) is 1. The van der Waals surface area contributed by atoms with Gasteiger partial charge in [0.25, 0.3) is 0 Å². The molecule has 5 heteroatoms. The smallest absolute Gasteiger partial charge is 0.349 e. The maximum absolute atomic E-state index is 13.7. The topological polar surface area (TPSA) is 46.5 Å². The summed E-state index contributed by atoms with van der Waals surface area (Å²) in [6.45, 7) is 0. The molecule has 0 fully saturated rings. The lowest BCUT2D eigenvalue weighted by molar-refractivity contribution is -0.145. The van der Waals surface area contributed by atoms with E-state index in [9.17, 15) is 9.18 Å². The highest BCUT2D eigenvalue weighted by molar-refractivity contribution is 6.30. The van der Waals surface area contributed by atoms with Crippen molar-refractivity contribution in [2.75, 3.05) is 0 Å². The summed E-state index contributed by atoms with van der Waals surface area (Å²) >= 11 is 5.62. The Morgan fingerprint density at radius 3 is 2.47 bits per heavy atom. The first kappa shape index (κ1) is 13.4. The Morgan fingerprint density at radius 1 is 1.16 bits per heavy atom. The molecular formula is C14H10ClFO3. The fraction of sp³-hybridized carbons (Fsp3) is 0.0714. The lowest BCUT2D eigenvalue weighted by Crippen LogP contribution is -2.18. The van der Waals surface area contributed by atoms with Crippen LogP contribution in [0.2, 0.25) is 5.02 Å². The van der Waals surface area contributed by atoms with Crippen LogP contribution in [0.15, 0.2) is 48.5 Å². The molecule has 0 aromatic heterocycles. The molecule has 0 aliphatic rings. The number of halogens is 2. The average molecular weight is 281 g/mol. The minimum Gasteiger partial charge on any atom is -0.478 e. The fourth-order valence-electron chi connectivity index (χ4n) is 1.59. The van der Waals surface area contributed by atoms with Crippen molar-refractivity contribution in [3.8, 4) is 5.75 Å². The third-order valence-electron chi connectivity index (χ3n) is 2.49. The van der Waals surface area contributed by atoms with Crippen LogP contribution in [0.4, 0.5) is 4.39 Å². The standard InChI is InChI=1S/C14H10ClFO3/c15-10-7-4-8-11(12(10)16)19-13(14(17)18)9-5-2-1-3-6-9/h1-8,13H,(H,17,18). The van der Waals surface area contributed by atoms with Gasteiger partial charge in [-0.1, -0.05) is 48.0 Å². The monoisotopic (exact) mass is 280 g/mol. The van der Waals surface area contributed by atoms with Gasteiger partial charge >= 0.3 is 5.97 Å². The third-order valence-corrected chi connectivity index (χ3v) is 2.78. The predicted octanol–water partition coefficient (Wildman–Crippen LogP) is 3.68. The minimum absolute atomic E-state index is 0.116. The normalized spacial score (nSPS) is 11.9. The van der Waals surface area contributed by atoms with Gasteiger partial charge in [-0.15, -0.1) is 0 Å². The maximum atomic E-state index is 13.7. The molecule has 98 valence electrons. The first-order valence-electron chi connectivity index (χ1n) is 5.48. The van der Waals surface area contributed by atoms with Gasteiger partial charge in [0.05, 0.1) is 5.02 Å². The fourth-order valence-corrected chi connectivity index (χ4v) is 1.76. The van der Waals surface area contributed by atoms with E-state index >= 15 is 0 Å². The number of hydrogen-bond acceptors (Lipinski definition) is 2. The molecule has 0 radical (unpaired) electrons. The Bertz CT molecular complexity index is 586. The van der Waals surface area contributed by atoms with E-state index in [4.69, 9.17) is 21.4 Å². The Kier molecular flexibility index (Phi) is 4.02. The third kappa shape index (κ3) is 3.03. The van der Waals surface area contributed by atoms with Gasteiger partial charge < -0.3 is 9.84 Å². The van der Waals surface area contributed by atoms with E-state index in [1.165, 1.54) is 18.2 Å². The number of carboxylic acids is 1. The van der Waals surface area contributed by atoms with Gasteiger partial charge in [-0.05, 0) is 12.1 Å². The molecule has 2 rings (SSSR count). The number of ether oxygens (including phenoxy) is 1. The zero-order valence-electron chi connectivity index (χ0n) is 9.72. The Labute approximate surface area is 114 Å².